The Kier molecular flexibility index (Phi) is 5.80. The molecule has 0 aromatic heterocycles. The number of carboxylic acids is 1. The van der Waals surface area contributed by atoms with Gasteiger partial charge in [0.15, 0.2) is 0 Å². The molecular weight excluding hydrogens is 300 g/mol. The number of hydrogen-bond donors (Lipinski definition) is 1. The smallest absolute Gasteiger partial charge is 0.336 e. The van der Waals surface area contributed by atoms with Gasteiger partial charge in [0.05, 0.1) is 12.2 Å². The molecule has 1 N–H and O–H groups in total. The molecule has 0 heterocycles. The first-order chi connectivity index (χ1) is 11.4. The van der Waals surface area contributed by atoms with Gasteiger partial charge in [0.25, 0.3) is 0 Å². The molecule has 0 aliphatic carbocycles. The molecule has 0 radical (unpaired) electrons. The lowest BCUT2D eigenvalue weighted by Crippen LogP contribution is -2.04. The maximum Gasteiger partial charge on any atom is 0.336 e. The Labute approximate surface area is 143 Å². The zero-order valence-electron chi connectivity index (χ0n) is 14.7. The molecule has 2 rings (SSSR count). The third-order valence-electron chi connectivity index (χ3n) is 3.80. The van der Waals surface area contributed by atoms with E-state index in [-0.39, 0.29) is 5.57 Å². The molecule has 0 aliphatic heterocycles. The molecule has 2 aromatic rings. The largest absolute Gasteiger partial charge is 0.493 e. The van der Waals surface area contributed by atoms with Gasteiger partial charge < -0.3 is 9.84 Å². The summed E-state index contributed by atoms with van der Waals surface area (Å²) in [6, 6.07) is 13.2. The molecule has 0 bridgehead atoms. The van der Waals surface area contributed by atoms with Crippen LogP contribution in [0.5, 0.6) is 5.75 Å². The summed E-state index contributed by atoms with van der Waals surface area (Å²) in [6.07, 6.45) is 1.69. The van der Waals surface area contributed by atoms with E-state index in [4.69, 9.17) is 4.74 Å². The summed E-state index contributed by atoms with van der Waals surface area (Å²) < 4.78 is 5.71. The Balaban J connectivity index is 2.35. The molecule has 0 spiro atoms. The van der Waals surface area contributed by atoms with Crippen LogP contribution in [-0.2, 0) is 4.79 Å². The first-order valence-corrected chi connectivity index (χ1v) is 8.12. The normalized spacial score (nSPS) is 11.6. The lowest BCUT2D eigenvalue weighted by molar-refractivity contribution is -0.130. The molecule has 2 aromatic carbocycles. The molecule has 0 saturated carbocycles. The van der Waals surface area contributed by atoms with Gasteiger partial charge in [-0.05, 0) is 60.2 Å². The second-order valence-electron chi connectivity index (χ2n) is 6.44. The predicted molar refractivity (Wildman–Crippen MR) is 98.2 cm³/mol. The van der Waals surface area contributed by atoms with E-state index >= 15 is 0 Å². The first kappa shape index (κ1) is 17.8. The molecule has 0 atom stereocenters. The van der Waals surface area contributed by atoms with Crippen LogP contribution in [0.1, 0.15) is 36.1 Å². The van der Waals surface area contributed by atoms with Gasteiger partial charge in [-0.25, -0.2) is 4.79 Å². The number of rotatable bonds is 6. The summed E-state index contributed by atoms with van der Waals surface area (Å²) >= 11 is 0. The van der Waals surface area contributed by atoms with E-state index < -0.39 is 5.97 Å². The highest BCUT2D eigenvalue weighted by molar-refractivity contribution is 6.20. The highest BCUT2D eigenvalue weighted by atomic mass is 16.5. The van der Waals surface area contributed by atoms with Gasteiger partial charge in [-0.15, -0.1) is 0 Å². The Morgan fingerprint density at radius 2 is 1.88 bits per heavy atom. The van der Waals surface area contributed by atoms with Crippen molar-refractivity contribution in [2.45, 2.75) is 27.7 Å². The van der Waals surface area contributed by atoms with Crippen molar-refractivity contribution in [3.8, 4) is 5.75 Å². The second-order valence-corrected chi connectivity index (χ2v) is 6.44. The quantitative estimate of drug-likeness (QED) is 0.603. The van der Waals surface area contributed by atoms with E-state index in [0.29, 0.717) is 18.1 Å². The molecule has 0 aliphatic rings. The Hall–Kier alpha value is -2.55. The average molecular weight is 324 g/mol. The maximum atomic E-state index is 11.7. The van der Waals surface area contributed by atoms with E-state index in [2.05, 4.69) is 13.8 Å². The Morgan fingerprint density at radius 1 is 1.12 bits per heavy atom. The number of aliphatic carboxylic acids is 1. The van der Waals surface area contributed by atoms with Crippen molar-refractivity contribution in [2.24, 2.45) is 5.92 Å². The predicted octanol–water partition coefficient (Wildman–Crippen LogP) is 4.96. The maximum absolute atomic E-state index is 11.7. The van der Waals surface area contributed by atoms with Crippen molar-refractivity contribution in [3.63, 3.8) is 0 Å². The summed E-state index contributed by atoms with van der Waals surface area (Å²) in [6.45, 7) is 8.81. The number of ether oxygens (including phenoxy) is 1. The fourth-order valence-electron chi connectivity index (χ4n) is 2.30. The molecule has 0 amide bonds. The van der Waals surface area contributed by atoms with Gasteiger partial charge in [-0.2, -0.15) is 0 Å². The van der Waals surface area contributed by atoms with Crippen LogP contribution in [0.4, 0.5) is 0 Å². The van der Waals surface area contributed by atoms with Crippen molar-refractivity contribution in [1.82, 2.24) is 0 Å². The zero-order valence-corrected chi connectivity index (χ0v) is 14.7. The first-order valence-electron chi connectivity index (χ1n) is 8.12. The minimum atomic E-state index is -0.938. The van der Waals surface area contributed by atoms with Gasteiger partial charge >= 0.3 is 5.97 Å². The number of benzene rings is 2. The number of hydrogen-bond acceptors (Lipinski definition) is 2. The molecule has 24 heavy (non-hydrogen) atoms. The molecule has 3 heteroatoms. The van der Waals surface area contributed by atoms with Gasteiger partial charge in [-0.3, -0.25) is 0 Å². The van der Waals surface area contributed by atoms with Crippen LogP contribution in [0.15, 0.2) is 42.5 Å². The Morgan fingerprint density at radius 3 is 2.50 bits per heavy atom. The van der Waals surface area contributed by atoms with Crippen LogP contribution in [0, 0.1) is 19.8 Å². The van der Waals surface area contributed by atoms with Gasteiger partial charge in [0.1, 0.15) is 5.75 Å². The summed E-state index contributed by atoms with van der Waals surface area (Å²) in [5.41, 5.74) is 4.02. The summed E-state index contributed by atoms with van der Waals surface area (Å²) in [7, 11) is 0. The molecule has 126 valence electrons. The molecule has 0 saturated heterocycles. The topological polar surface area (TPSA) is 46.5 Å². The number of carbonyl (C=O) groups is 1. The fourth-order valence-corrected chi connectivity index (χ4v) is 2.30. The van der Waals surface area contributed by atoms with E-state index in [1.54, 1.807) is 6.08 Å². The van der Waals surface area contributed by atoms with Crippen molar-refractivity contribution >= 4 is 17.6 Å². The van der Waals surface area contributed by atoms with Crippen molar-refractivity contribution < 1.29 is 14.6 Å². The van der Waals surface area contributed by atoms with Crippen molar-refractivity contribution in [3.05, 3.63) is 64.7 Å². The summed E-state index contributed by atoms with van der Waals surface area (Å²) in [5.74, 6) is 0.253. The lowest BCUT2D eigenvalue weighted by Gasteiger charge is -2.10. The molecule has 0 fully saturated rings. The van der Waals surface area contributed by atoms with Crippen LogP contribution in [0.2, 0.25) is 0 Å². The molecule has 0 unspecified atom stereocenters. The van der Waals surface area contributed by atoms with Crippen LogP contribution >= 0.6 is 0 Å². The van der Waals surface area contributed by atoms with Gasteiger partial charge in [0, 0.05) is 0 Å². The average Bonchev–Trinajstić information content (AvgIpc) is 2.53. The SMILES string of the molecule is Cc1ccc(/C(=C/c2cccc(OCC(C)C)c2)C(=O)O)cc1C. The minimum absolute atomic E-state index is 0.277. The lowest BCUT2D eigenvalue weighted by atomic mass is 9.98. The van der Waals surface area contributed by atoms with E-state index in [1.807, 2.05) is 56.3 Å². The summed E-state index contributed by atoms with van der Waals surface area (Å²) in [4.78, 5) is 11.7. The van der Waals surface area contributed by atoms with Crippen molar-refractivity contribution in [2.75, 3.05) is 6.61 Å². The highest BCUT2D eigenvalue weighted by Crippen LogP contribution is 2.23. The zero-order chi connectivity index (χ0) is 17.7. The van der Waals surface area contributed by atoms with E-state index in [1.165, 1.54) is 0 Å². The third-order valence-corrected chi connectivity index (χ3v) is 3.80. The van der Waals surface area contributed by atoms with Gasteiger partial charge in [-0.1, -0.05) is 44.2 Å². The van der Waals surface area contributed by atoms with Crippen LogP contribution < -0.4 is 4.74 Å². The van der Waals surface area contributed by atoms with E-state index in [0.717, 1.165) is 22.4 Å². The van der Waals surface area contributed by atoms with Crippen molar-refractivity contribution in [1.29, 1.82) is 0 Å². The second kappa shape index (κ2) is 7.82. The standard InChI is InChI=1S/C21H24O3/c1-14(2)13-24-19-7-5-6-17(11-19)12-20(21(22)23)18-9-8-15(3)16(4)10-18/h5-12,14H,13H2,1-4H3,(H,22,23)/b20-12-. The van der Waals surface area contributed by atoms with E-state index in [9.17, 15) is 9.90 Å². The highest BCUT2D eigenvalue weighted by Gasteiger charge is 2.11. The number of aryl methyl sites for hydroxylation is 2. The molecular formula is C21H24O3. The van der Waals surface area contributed by atoms with Gasteiger partial charge in [0.2, 0.25) is 0 Å². The minimum Gasteiger partial charge on any atom is -0.493 e. The summed E-state index contributed by atoms with van der Waals surface area (Å²) in [5, 5.41) is 9.59. The van der Waals surface area contributed by atoms with Crippen LogP contribution in [-0.4, -0.2) is 17.7 Å². The third kappa shape index (κ3) is 4.72. The molecule has 3 nitrogen and oxygen atoms in total. The number of carboxylic acid groups (broad SMARTS) is 1. The Bertz CT molecular complexity index is 757. The fraction of sp³-hybridized carbons (Fsp3) is 0.286. The monoisotopic (exact) mass is 324 g/mol. The van der Waals surface area contributed by atoms with Crippen LogP contribution in [0.25, 0.3) is 11.6 Å². The van der Waals surface area contributed by atoms with Crippen LogP contribution in [0.3, 0.4) is 0 Å².